The molecule has 7 nitrogen and oxygen atoms in total. The Morgan fingerprint density at radius 1 is 1.11 bits per heavy atom. The molecule has 4 aromatic rings. The fraction of sp³-hybridized carbons (Fsp3) is 0.444. The Morgan fingerprint density at radius 2 is 1.89 bits per heavy atom. The van der Waals surface area contributed by atoms with E-state index in [1.165, 1.54) is 16.8 Å². The van der Waals surface area contributed by atoms with E-state index < -0.39 is 17.6 Å². The first-order valence-corrected chi connectivity index (χ1v) is 12.7. The Hall–Kier alpha value is -3.31. The van der Waals surface area contributed by atoms with Crippen molar-refractivity contribution in [1.29, 1.82) is 0 Å². The second-order valence-electron chi connectivity index (χ2n) is 10.7. The molecule has 11 heteroatoms. The molecule has 2 aromatic heterocycles. The monoisotopic (exact) mass is 528 g/mol. The predicted octanol–water partition coefficient (Wildman–Crippen LogP) is 5.10. The minimum Gasteiger partial charge on any atom is -0.374 e. The van der Waals surface area contributed by atoms with Crippen LogP contribution in [0.3, 0.4) is 0 Å². The molecule has 38 heavy (non-hydrogen) atoms. The van der Waals surface area contributed by atoms with Gasteiger partial charge in [0.1, 0.15) is 5.82 Å². The Morgan fingerprint density at radius 3 is 2.63 bits per heavy atom. The highest BCUT2D eigenvalue weighted by Crippen LogP contribution is 2.56. The molecule has 0 amide bonds. The first kappa shape index (κ1) is 25.0. The van der Waals surface area contributed by atoms with Crippen LogP contribution in [0.5, 0.6) is 0 Å². The van der Waals surface area contributed by atoms with Gasteiger partial charge in [0.25, 0.3) is 5.82 Å². The molecule has 0 bridgehead atoms. The standard InChI is InChI=1S/C27H28F4N6O/c1-35(2)15-19-10-12-26(23(19)17-6-8-21(28)9-7-17)14-20(16-38-26)22-5-3-4-18-11-13-36(24(18)22)37-25(27(29,30)31)32-33-34-37/h3-9,11,13,19-20,23H,10,12,14-16H2,1-2H3/t19-,20-,23-,26-/m1/s1. The number of ether oxygens (including phenoxy) is 1. The van der Waals surface area contributed by atoms with Crippen molar-refractivity contribution in [3.63, 3.8) is 0 Å². The first-order valence-electron chi connectivity index (χ1n) is 12.7. The van der Waals surface area contributed by atoms with Gasteiger partial charge in [-0.2, -0.15) is 13.2 Å². The quantitative estimate of drug-likeness (QED) is 0.338. The van der Waals surface area contributed by atoms with Crippen molar-refractivity contribution in [2.24, 2.45) is 5.92 Å². The summed E-state index contributed by atoms with van der Waals surface area (Å²) in [7, 11) is 4.10. The van der Waals surface area contributed by atoms with Crippen LogP contribution in [0.2, 0.25) is 0 Å². The second kappa shape index (κ2) is 9.16. The number of alkyl halides is 3. The third kappa shape index (κ3) is 4.17. The molecule has 200 valence electrons. The number of halogens is 4. The van der Waals surface area contributed by atoms with E-state index in [9.17, 15) is 17.6 Å². The number of nitrogens with zero attached hydrogens (tertiary/aromatic N) is 6. The molecule has 2 aliphatic rings. The van der Waals surface area contributed by atoms with Crippen molar-refractivity contribution in [2.45, 2.75) is 42.9 Å². The zero-order valence-electron chi connectivity index (χ0n) is 21.1. The predicted molar refractivity (Wildman–Crippen MR) is 132 cm³/mol. The molecule has 0 unspecified atom stereocenters. The second-order valence-corrected chi connectivity index (χ2v) is 10.7. The fourth-order valence-corrected chi connectivity index (χ4v) is 6.67. The van der Waals surface area contributed by atoms with Crippen LogP contribution in [0.1, 0.15) is 48.0 Å². The highest BCUT2D eigenvalue weighted by atomic mass is 19.4. The maximum absolute atomic E-state index is 13.8. The van der Waals surface area contributed by atoms with E-state index in [1.54, 1.807) is 12.3 Å². The van der Waals surface area contributed by atoms with E-state index in [0.29, 0.717) is 29.3 Å². The molecule has 2 aromatic carbocycles. The van der Waals surface area contributed by atoms with Crippen LogP contribution in [0.25, 0.3) is 10.9 Å². The van der Waals surface area contributed by atoms with Gasteiger partial charge in [-0.15, -0.1) is 9.89 Å². The number of rotatable bonds is 5. The average Bonchev–Trinajstić information content (AvgIpc) is 3.65. The Bertz CT molecular complexity index is 1450. The minimum atomic E-state index is -4.71. The maximum atomic E-state index is 13.8. The summed E-state index contributed by atoms with van der Waals surface area (Å²) in [5.41, 5.74) is 2.13. The van der Waals surface area contributed by atoms with Crippen LogP contribution in [0, 0.1) is 11.7 Å². The van der Waals surface area contributed by atoms with Crippen molar-refractivity contribution < 1.29 is 22.3 Å². The molecular formula is C27H28F4N6O. The Labute approximate surface area is 217 Å². The lowest BCUT2D eigenvalue weighted by molar-refractivity contribution is -0.148. The first-order chi connectivity index (χ1) is 18.2. The van der Waals surface area contributed by atoms with Crippen molar-refractivity contribution in [3.05, 3.63) is 77.5 Å². The topological polar surface area (TPSA) is 61.0 Å². The van der Waals surface area contributed by atoms with Crippen molar-refractivity contribution in [3.8, 4) is 0 Å². The normalized spacial score (nSPS) is 25.8. The van der Waals surface area contributed by atoms with Crippen LogP contribution < -0.4 is 0 Å². The average molecular weight is 529 g/mol. The van der Waals surface area contributed by atoms with Crippen molar-refractivity contribution in [1.82, 2.24) is 29.9 Å². The zero-order valence-corrected chi connectivity index (χ0v) is 21.1. The van der Waals surface area contributed by atoms with Gasteiger partial charge in [0.2, 0.25) is 0 Å². The SMILES string of the molecule is CN(C)C[C@H]1CC[C@@]2(C[C@@H](c3cccc4ccn(-n5nnnc5C(F)(F)F)c34)CO2)[C@@H]1c1ccc(F)cc1. The maximum Gasteiger partial charge on any atom is 0.455 e. The van der Waals surface area contributed by atoms with E-state index in [1.807, 2.05) is 44.4 Å². The summed E-state index contributed by atoms with van der Waals surface area (Å²) in [4.78, 5) is 2.87. The van der Waals surface area contributed by atoms with Gasteiger partial charge in [-0.3, -0.25) is 0 Å². The summed E-state index contributed by atoms with van der Waals surface area (Å²) in [5, 5.41) is 10.9. The van der Waals surface area contributed by atoms with E-state index in [0.717, 1.165) is 35.9 Å². The number of fused-ring (bicyclic) bond motifs is 1. The number of benzene rings is 2. The summed E-state index contributed by atoms with van der Waals surface area (Å²) >= 11 is 0. The molecule has 2 fully saturated rings. The molecule has 6 rings (SSSR count). The van der Waals surface area contributed by atoms with Gasteiger partial charge in [-0.25, -0.2) is 9.07 Å². The number of aromatic nitrogens is 5. The van der Waals surface area contributed by atoms with E-state index in [4.69, 9.17) is 4.74 Å². The molecule has 0 radical (unpaired) electrons. The van der Waals surface area contributed by atoms with Gasteiger partial charge < -0.3 is 9.64 Å². The van der Waals surface area contributed by atoms with Crippen molar-refractivity contribution in [2.75, 3.05) is 27.2 Å². The number of para-hydroxylation sites is 1. The van der Waals surface area contributed by atoms with E-state index in [2.05, 4.69) is 20.4 Å². The number of hydrogen-bond acceptors (Lipinski definition) is 5. The van der Waals surface area contributed by atoms with Crippen LogP contribution >= 0.6 is 0 Å². The van der Waals surface area contributed by atoms with Crippen LogP contribution in [-0.2, 0) is 10.9 Å². The summed E-state index contributed by atoms with van der Waals surface area (Å²) in [6, 6.07) is 14.2. The molecule has 4 atom stereocenters. The number of tetrazole rings is 1. The van der Waals surface area contributed by atoms with Gasteiger partial charge in [0.05, 0.1) is 17.7 Å². The minimum absolute atomic E-state index is 0.0424. The van der Waals surface area contributed by atoms with E-state index >= 15 is 0 Å². The van der Waals surface area contributed by atoms with Gasteiger partial charge >= 0.3 is 6.18 Å². The van der Waals surface area contributed by atoms with E-state index in [-0.39, 0.29) is 17.7 Å². The van der Waals surface area contributed by atoms with Crippen LogP contribution in [0.15, 0.2) is 54.7 Å². The van der Waals surface area contributed by atoms with Gasteiger partial charge in [0, 0.05) is 30.0 Å². The largest absolute Gasteiger partial charge is 0.455 e. The summed E-state index contributed by atoms with van der Waals surface area (Å²) in [6.45, 7) is 1.33. The molecule has 0 N–H and O–H groups in total. The van der Waals surface area contributed by atoms with Gasteiger partial charge in [-0.05, 0) is 79.0 Å². The zero-order chi connectivity index (χ0) is 26.7. The molecular weight excluding hydrogens is 500 g/mol. The smallest absolute Gasteiger partial charge is 0.374 e. The molecule has 1 aliphatic carbocycles. The summed E-state index contributed by atoms with van der Waals surface area (Å²) in [5.74, 6) is -1.09. The highest BCUT2D eigenvalue weighted by Gasteiger charge is 2.54. The molecule has 1 aliphatic heterocycles. The highest BCUT2D eigenvalue weighted by molar-refractivity contribution is 5.84. The molecule has 3 heterocycles. The lowest BCUT2D eigenvalue weighted by Gasteiger charge is -2.35. The lowest BCUT2D eigenvalue weighted by atomic mass is 9.76. The Balaban J connectivity index is 1.39. The molecule has 1 saturated carbocycles. The Kier molecular flexibility index (Phi) is 6.03. The van der Waals surface area contributed by atoms with Crippen LogP contribution in [-0.4, -0.2) is 62.7 Å². The van der Waals surface area contributed by atoms with Crippen LogP contribution in [0.4, 0.5) is 17.6 Å². The third-order valence-electron chi connectivity index (χ3n) is 8.04. The number of hydrogen-bond donors (Lipinski definition) is 0. The summed E-state index contributed by atoms with van der Waals surface area (Å²) < 4.78 is 62.6. The molecule has 1 saturated heterocycles. The third-order valence-corrected chi connectivity index (χ3v) is 8.04. The lowest BCUT2D eigenvalue weighted by Crippen LogP contribution is -2.35. The van der Waals surface area contributed by atoms with Crippen molar-refractivity contribution >= 4 is 10.9 Å². The van der Waals surface area contributed by atoms with Gasteiger partial charge in [0.15, 0.2) is 0 Å². The fourth-order valence-electron chi connectivity index (χ4n) is 6.67. The van der Waals surface area contributed by atoms with Gasteiger partial charge in [-0.1, -0.05) is 30.3 Å². The summed E-state index contributed by atoms with van der Waals surface area (Å²) in [6.07, 6.45) is -0.594. The molecule has 1 spiro atoms.